The van der Waals surface area contributed by atoms with Crippen molar-refractivity contribution in [1.29, 1.82) is 0 Å². The Morgan fingerprint density at radius 3 is 2.15 bits per heavy atom. The topological polar surface area (TPSA) is 46.3 Å². The highest BCUT2D eigenvalue weighted by Gasteiger charge is 2.25. The Hall–Kier alpha value is -0.570. The molecule has 0 aliphatic heterocycles. The van der Waals surface area contributed by atoms with Crippen LogP contribution in [0, 0.1) is 5.41 Å². The molecule has 0 aliphatic carbocycles. The van der Waals surface area contributed by atoms with Crippen LogP contribution in [0.5, 0.6) is 0 Å². The van der Waals surface area contributed by atoms with E-state index in [4.69, 9.17) is 5.73 Å². The Balaban J connectivity index is 4.27. The van der Waals surface area contributed by atoms with Crippen LogP contribution in [0.3, 0.4) is 0 Å². The van der Waals surface area contributed by atoms with E-state index in [-0.39, 0.29) is 11.3 Å². The first-order valence-electron chi connectivity index (χ1n) is 4.93. The second kappa shape index (κ2) is 5.22. The van der Waals surface area contributed by atoms with E-state index in [1.165, 1.54) is 0 Å². The van der Waals surface area contributed by atoms with Gasteiger partial charge < -0.3 is 10.6 Å². The molecule has 0 fully saturated rings. The summed E-state index contributed by atoms with van der Waals surface area (Å²) in [6.45, 7) is 9.91. The fraction of sp³-hybridized carbons (Fsp3) is 0.900. The van der Waals surface area contributed by atoms with Gasteiger partial charge in [-0.05, 0) is 6.42 Å². The molecule has 0 saturated heterocycles. The molecule has 0 bridgehead atoms. The average Bonchev–Trinajstić information content (AvgIpc) is 2.01. The highest BCUT2D eigenvalue weighted by molar-refractivity contribution is 5.81. The van der Waals surface area contributed by atoms with E-state index in [0.29, 0.717) is 13.1 Å². The van der Waals surface area contributed by atoms with Gasteiger partial charge in [-0.15, -0.1) is 0 Å². The van der Waals surface area contributed by atoms with Crippen LogP contribution < -0.4 is 5.73 Å². The Labute approximate surface area is 81.3 Å². The molecule has 0 aromatic rings. The number of amides is 1. The summed E-state index contributed by atoms with van der Waals surface area (Å²) in [5, 5.41) is 0. The molecule has 1 amide bonds. The van der Waals surface area contributed by atoms with E-state index in [0.717, 1.165) is 13.0 Å². The lowest BCUT2D eigenvalue weighted by Crippen LogP contribution is -2.42. The first-order chi connectivity index (χ1) is 5.93. The first-order valence-corrected chi connectivity index (χ1v) is 4.93. The largest absolute Gasteiger partial charge is 0.341 e. The lowest BCUT2D eigenvalue weighted by molar-refractivity contribution is -0.139. The maximum Gasteiger partial charge on any atom is 0.227 e. The lowest BCUT2D eigenvalue weighted by atomic mass is 9.94. The van der Waals surface area contributed by atoms with Crippen molar-refractivity contribution in [1.82, 2.24) is 4.90 Å². The number of hydrogen-bond donors (Lipinski definition) is 1. The number of hydrogen-bond acceptors (Lipinski definition) is 2. The van der Waals surface area contributed by atoms with Crippen LogP contribution in [0.2, 0.25) is 0 Å². The fourth-order valence-corrected chi connectivity index (χ4v) is 1.21. The van der Waals surface area contributed by atoms with Gasteiger partial charge in [0.2, 0.25) is 5.91 Å². The third-order valence-electron chi connectivity index (χ3n) is 1.82. The zero-order chi connectivity index (χ0) is 10.5. The van der Waals surface area contributed by atoms with Gasteiger partial charge in [0.25, 0.3) is 0 Å². The molecule has 0 unspecified atom stereocenters. The molecule has 78 valence electrons. The highest BCUT2D eigenvalue weighted by atomic mass is 16.2. The summed E-state index contributed by atoms with van der Waals surface area (Å²) in [6, 6.07) is 0. The van der Waals surface area contributed by atoms with Crippen molar-refractivity contribution in [2.24, 2.45) is 11.1 Å². The predicted molar refractivity (Wildman–Crippen MR) is 55.4 cm³/mol. The third kappa shape index (κ3) is 4.27. The normalized spacial score (nSPS) is 11.5. The summed E-state index contributed by atoms with van der Waals surface area (Å²) in [5.41, 5.74) is 5.16. The maximum atomic E-state index is 11.8. The van der Waals surface area contributed by atoms with Crippen molar-refractivity contribution in [3.05, 3.63) is 0 Å². The molecule has 13 heavy (non-hydrogen) atoms. The molecule has 3 heteroatoms. The molecular weight excluding hydrogens is 164 g/mol. The molecule has 0 heterocycles. The van der Waals surface area contributed by atoms with Crippen LogP contribution in [0.15, 0.2) is 0 Å². The minimum absolute atomic E-state index is 0.194. The SMILES string of the molecule is CCCN(CCN)C(=O)C(C)(C)C. The van der Waals surface area contributed by atoms with E-state index in [1.807, 2.05) is 25.7 Å². The number of nitrogens with zero attached hydrogens (tertiary/aromatic N) is 1. The molecule has 0 saturated carbocycles. The smallest absolute Gasteiger partial charge is 0.227 e. The van der Waals surface area contributed by atoms with Gasteiger partial charge in [-0.2, -0.15) is 0 Å². The summed E-state index contributed by atoms with van der Waals surface area (Å²) < 4.78 is 0. The zero-order valence-corrected chi connectivity index (χ0v) is 9.26. The minimum atomic E-state index is -0.287. The van der Waals surface area contributed by atoms with E-state index in [2.05, 4.69) is 6.92 Å². The standard InChI is InChI=1S/C10H22N2O/c1-5-7-12(8-6-11)9(13)10(2,3)4/h5-8,11H2,1-4H3. The summed E-state index contributed by atoms with van der Waals surface area (Å²) in [7, 11) is 0. The van der Waals surface area contributed by atoms with Crippen LogP contribution in [0.25, 0.3) is 0 Å². The molecule has 0 aliphatic rings. The summed E-state index contributed by atoms with van der Waals surface area (Å²) >= 11 is 0. The van der Waals surface area contributed by atoms with Gasteiger partial charge in [0.05, 0.1) is 0 Å². The lowest BCUT2D eigenvalue weighted by Gasteiger charge is -2.28. The summed E-state index contributed by atoms with van der Waals surface area (Å²) in [5.74, 6) is 0.194. The second-order valence-corrected chi connectivity index (χ2v) is 4.33. The molecule has 0 radical (unpaired) electrons. The predicted octanol–water partition coefficient (Wildman–Crippen LogP) is 1.23. The van der Waals surface area contributed by atoms with Crippen molar-refractivity contribution in [3.63, 3.8) is 0 Å². The van der Waals surface area contributed by atoms with E-state index < -0.39 is 0 Å². The van der Waals surface area contributed by atoms with E-state index >= 15 is 0 Å². The van der Waals surface area contributed by atoms with Gasteiger partial charge in [0.15, 0.2) is 0 Å². The maximum absolute atomic E-state index is 11.8. The van der Waals surface area contributed by atoms with Crippen molar-refractivity contribution in [2.75, 3.05) is 19.6 Å². The highest BCUT2D eigenvalue weighted by Crippen LogP contribution is 2.17. The van der Waals surface area contributed by atoms with Crippen molar-refractivity contribution in [2.45, 2.75) is 34.1 Å². The molecule has 0 spiro atoms. The van der Waals surface area contributed by atoms with Crippen LogP contribution in [-0.2, 0) is 4.79 Å². The fourth-order valence-electron chi connectivity index (χ4n) is 1.21. The molecule has 2 N–H and O–H groups in total. The average molecular weight is 186 g/mol. The molecule has 0 aromatic heterocycles. The molecule has 0 aromatic carbocycles. The molecule has 3 nitrogen and oxygen atoms in total. The monoisotopic (exact) mass is 186 g/mol. The quantitative estimate of drug-likeness (QED) is 0.717. The van der Waals surface area contributed by atoms with Crippen molar-refractivity contribution in [3.8, 4) is 0 Å². The number of carbonyl (C=O) groups excluding carboxylic acids is 1. The van der Waals surface area contributed by atoms with Crippen LogP contribution >= 0.6 is 0 Å². The Morgan fingerprint density at radius 1 is 1.31 bits per heavy atom. The Bertz CT molecular complexity index is 155. The Kier molecular flexibility index (Phi) is 4.99. The second-order valence-electron chi connectivity index (χ2n) is 4.33. The summed E-state index contributed by atoms with van der Waals surface area (Å²) in [4.78, 5) is 13.7. The van der Waals surface area contributed by atoms with E-state index in [1.54, 1.807) is 0 Å². The van der Waals surface area contributed by atoms with Gasteiger partial charge in [-0.3, -0.25) is 4.79 Å². The molecule has 0 rings (SSSR count). The van der Waals surface area contributed by atoms with Crippen LogP contribution in [0.4, 0.5) is 0 Å². The number of rotatable bonds is 4. The van der Waals surface area contributed by atoms with Gasteiger partial charge in [-0.1, -0.05) is 27.7 Å². The van der Waals surface area contributed by atoms with Crippen molar-refractivity contribution >= 4 is 5.91 Å². The number of carbonyl (C=O) groups is 1. The van der Waals surface area contributed by atoms with Gasteiger partial charge in [0, 0.05) is 25.0 Å². The van der Waals surface area contributed by atoms with Crippen LogP contribution in [0.1, 0.15) is 34.1 Å². The molecular formula is C10H22N2O. The van der Waals surface area contributed by atoms with Crippen LogP contribution in [-0.4, -0.2) is 30.4 Å². The van der Waals surface area contributed by atoms with E-state index in [9.17, 15) is 4.79 Å². The van der Waals surface area contributed by atoms with Crippen molar-refractivity contribution < 1.29 is 4.79 Å². The van der Waals surface area contributed by atoms with Gasteiger partial charge in [0.1, 0.15) is 0 Å². The minimum Gasteiger partial charge on any atom is -0.341 e. The Morgan fingerprint density at radius 2 is 1.85 bits per heavy atom. The number of nitrogens with two attached hydrogens (primary N) is 1. The van der Waals surface area contributed by atoms with Gasteiger partial charge >= 0.3 is 0 Å². The zero-order valence-electron chi connectivity index (χ0n) is 9.26. The third-order valence-corrected chi connectivity index (χ3v) is 1.82. The first kappa shape index (κ1) is 12.4. The summed E-state index contributed by atoms with van der Waals surface area (Å²) in [6.07, 6.45) is 0.988. The molecule has 0 atom stereocenters. The van der Waals surface area contributed by atoms with Gasteiger partial charge in [-0.25, -0.2) is 0 Å².